The lowest BCUT2D eigenvalue weighted by molar-refractivity contribution is 0.364. The van der Waals surface area contributed by atoms with E-state index in [4.69, 9.17) is 0 Å². The Morgan fingerprint density at radius 3 is 3.14 bits per heavy atom. The summed E-state index contributed by atoms with van der Waals surface area (Å²) >= 11 is 0. The Balaban J connectivity index is 1.65. The van der Waals surface area contributed by atoms with Crippen LogP contribution in [0.4, 0.5) is 5.82 Å². The average molecular weight is 287 g/mol. The van der Waals surface area contributed by atoms with Gasteiger partial charge in [-0.3, -0.25) is 0 Å². The summed E-state index contributed by atoms with van der Waals surface area (Å²) in [4.78, 5) is 4.47. The molecule has 0 bridgehead atoms. The first-order chi connectivity index (χ1) is 10.2. The summed E-state index contributed by atoms with van der Waals surface area (Å²) in [5, 5.41) is 11.6. The molecule has 21 heavy (non-hydrogen) atoms. The zero-order valence-corrected chi connectivity index (χ0v) is 13.0. The average Bonchev–Trinajstić information content (AvgIpc) is 2.94. The molecule has 0 amide bonds. The number of nitrogens with one attached hydrogen (secondary N) is 2. The highest BCUT2D eigenvalue weighted by Crippen LogP contribution is 2.20. The number of rotatable bonds is 5. The predicted molar refractivity (Wildman–Crippen MR) is 85.8 cm³/mol. The van der Waals surface area contributed by atoms with Gasteiger partial charge >= 0.3 is 0 Å². The molecular weight excluding hydrogens is 262 g/mol. The number of fused-ring (bicyclic) bond motifs is 1. The fourth-order valence-corrected chi connectivity index (χ4v) is 2.92. The van der Waals surface area contributed by atoms with E-state index in [1.165, 1.54) is 25.8 Å². The van der Waals surface area contributed by atoms with Crippen LogP contribution in [-0.4, -0.2) is 34.2 Å². The Hall–Kier alpha value is -1.62. The van der Waals surface area contributed by atoms with E-state index in [-0.39, 0.29) is 0 Å². The molecule has 1 aliphatic heterocycles. The number of hydrogen-bond donors (Lipinski definition) is 2. The number of piperidine rings is 1. The molecule has 1 fully saturated rings. The van der Waals surface area contributed by atoms with Crippen LogP contribution >= 0.6 is 0 Å². The van der Waals surface area contributed by atoms with E-state index in [0.29, 0.717) is 5.92 Å². The lowest BCUT2D eigenvalue weighted by Crippen LogP contribution is -2.30. The van der Waals surface area contributed by atoms with E-state index < -0.39 is 0 Å². The van der Waals surface area contributed by atoms with E-state index in [0.717, 1.165) is 36.0 Å². The molecule has 2 aromatic rings. The first-order valence-electron chi connectivity index (χ1n) is 8.03. The molecule has 0 saturated carbocycles. The van der Waals surface area contributed by atoms with Crippen LogP contribution in [0.15, 0.2) is 18.5 Å². The molecule has 0 aromatic carbocycles. The van der Waals surface area contributed by atoms with E-state index in [9.17, 15) is 0 Å². The van der Waals surface area contributed by atoms with Gasteiger partial charge in [0.1, 0.15) is 5.52 Å². The van der Waals surface area contributed by atoms with Crippen molar-refractivity contribution in [3.63, 3.8) is 0 Å². The highest BCUT2D eigenvalue weighted by molar-refractivity contribution is 5.67. The molecule has 3 heterocycles. The highest BCUT2D eigenvalue weighted by Gasteiger charge is 2.13. The van der Waals surface area contributed by atoms with E-state index in [1.54, 1.807) is 0 Å². The van der Waals surface area contributed by atoms with Crippen LogP contribution in [-0.2, 0) is 0 Å². The maximum atomic E-state index is 4.60. The minimum absolute atomic E-state index is 0.436. The second-order valence-corrected chi connectivity index (χ2v) is 6.26. The van der Waals surface area contributed by atoms with E-state index in [1.807, 2.05) is 16.9 Å². The third-order valence-electron chi connectivity index (χ3n) is 4.24. The van der Waals surface area contributed by atoms with Crippen molar-refractivity contribution in [2.75, 3.05) is 25.0 Å². The van der Waals surface area contributed by atoms with Gasteiger partial charge in [0.05, 0.1) is 5.69 Å². The molecule has 1 aliphatic rings. The summed E-state index contributed by atoms with van der Waals surface area (Å²) < 4.78 is 1.92. The fourth-order valence-electron chi connectivity index (χ4n) is 2.92. The van der Waals surface area contributed by atoms with E-state index in [2.05, 4.69) is 40.6 Å². The summed E-state index contributed by atoms with van der Waals surface area (Å²) in [6.07, 6.45) is 7.57. The van der Waals surface area contributed by atoms with E-state index >= 15 is 0 Å². The predicted octanol–water partition coefficient (Wildman–Crippen LogP) is 2.65. The van der Waals surface area contributed by atoms with Crippen molar-refractivity contribution in [2.45, 2.75) is 39.0 Å². The van der Waals surface area contributed by atoms with Gasteiger partial charge in [0.2, 0.25) is 0 Å². The van der Waals surface area contributed by atoms with Gasteiger partial charge in [-0.1, -0.05) is 13.8 Å². The lowest BCUT2D eigenvalue weighted by Gasteiger charge is -2.22. The summed E-state index contributed by atoms with van der Waals surface area (Å²) in [7, 11) is 0. The minimum Gasteiger partial charge on any atom is -0.368 e. The largest absolute Gasteiger partial charge is 0.368 e. The van der Waals surface area contributed by atoms with Gasteiger partial charge in [-0.2, -0.15) is 5.10 Å². The quantitative estimate of drug-likeness (QED) is 0.887. The molecule has 1 atom stereocenters. The molecule has 1 saturated heterocycles. The molecule has 0 spiro atoms. The monoisotopic (exact) mass is 287 g/mol. The fraction of sp³-hybridized carbons (Fsp3) is 0.625. The van der Waals surface area contributed by atoms with Crippen molar-refractivity contribution < 1.29 is 0 Å². The standard InChI is InChI=1S/C16H25N5/c1-12(2)14-10-15-16(19-8-9-21(15)20-14)18-7-5-13-4-3-6-17-11-13/h8-10,12-13,17H,3-7,11H2,1-2H3,(H,18,19). The number of hydrogen-bond acceptors (Lipinski definition) is 4. The van der Waals surface area contributed by atoms with Crippen molar-refractivity contribution in [3.05, 3.63) is 24.2 Å². The van der Waals surface area contributed by atoms with Crippen LogP contribution in [0.1, 0.15) is 44.7 Å². The van der Waals surface area contributed by atoms with Gasteiger partial charge in [-0.15, -0.1) is 0 Å². The molecule has 2 N–H and O–H groups in total. The lowest BCUT2D eigenvalue weighted by atomic mass is 9.96. The van der Waals surface area contributed by atoms with Gasteiger partial charge < -0.3 is 10.6 Å². The minimum atomic E-state index is 0.436. The zero-order valence-electron chi connectivity index (χ0n) is 13.0. The molecule has 1 unspecified atom stereocenters. The molecular formula is C16H25N5. The van der Waals surface area contributed by atoms with Crippen molar-refractivity contribution in [1.29, 1.82) is 0 Å². The normalized spacial score (nSPS) is 19.3. The Morgan fingerprint density at radius 1 is 1.48 bits per heavy atom. The smallest absolute Gasteiger partial charge is 0.152 e. The first-order valence-corrected chi connectivity index (χ1v) is 8.03. The van der Waals surface area contributed by atoms with Gasteiger partial charge in [0.15, 0.2) is 5.82 Å². The molecule has 3 rings (SSSR count). The Morgan fingerprint density at radius 2 is 2.38 bits per heavy atom. The highest BCUT2D eigenvalue weighted by atomic mass is 15.2. The Bertz CT molecular complexity index is 583. The second kappa shape index (κ2) is 6.43. The maximum absolute atomic E-state index is 4.60. The van der Waals surface area contributed by atoms with Gasteiger partial charge in [0.25, 0.3) is 0 Å². The van der Waals surface area contributed by atoms with Gasteiger partial charge in [-0.25, -0.2) is 9.50 Å². The van der Waals surface area contributed by atoms with Gasteiger partial charge in [0, 0.05) is 18.9 Å². The molecule has 5 nitrogen and oxygen atoms in total. The first kappa shape index (κ1) is 14.3. The third kappa shape index (κ3) is 3.35. The second-order valence-electron chi connectivity index (χ2n) is 6.26. The van der Waals surface area contributed by atoms with Crippen LogP contribution < -0.4 is 10.6 Å². The number of aromatic nitrogens is 3. The Labute approximate surface area is 126 Å². The van der Waals surface area contributed by atoms with Crippen molar-refractivity contribution in [1.82, 2.24) is 19.9 Å². The summed E-state index contributed by atoms with van der Waals surface area (Å²) in [5.74, 6) is 2.17. The van der Waals surface area contributed by atoms with Crippen molar-refractivity contribution in [2.24, 2.45) is 5.92 Å². The van der Waals surface area contributed by atoms with Crippen molar-refractivity contribution in [3.8, 4) is 0 Å². The van der Waals surface area contributed by atoms with Crippen LogP contribution in [0.3, 0.4) is 0 Å². The SMILES string of the molecule is CC(C)c1cc2c(NCCC3CCCNC3)nccn2n1. The van der Waals surface area contributed by atoms with Crippen LogP contribution in [0.5, 0.6) is 0 Å². The van der Waals surface area contributed by atoms with Crippen LogP contribution in [0.25, 0.3) is 5.52 Å². The molecule has 114 valence electrons. The molecule has 5 heteroatoms. The molecule has 0 radical (unpaired) electrons. The van der Waals surface area contributed by atoms with Crippen LogP contribution in [0.2, 0.25) is 0 Å². The number of anilines is 1. The topological polar surface area (TPSA) is 54.2 Å². The Kier molecular flexibility index (Phi) is 4.39. The third-order valence-corrected chi connectivity index (χ3v) is 4.24. The van der Waals surface area contributed by atoms with Crippen LogP contribution in [0, 0.1) is 5.92 Å². The summed E-state index contributed by atoms with van der Waals surface area (Å²) in [5.41, 5.74) is 2.19. The number of nitrogens with zero attached hydrogens (tertiary/aromatic N) is 3. The molecule has 2 aromatic heterocycles. The molecule has 0 aliphatic carbocycles. The zero-order chi connectivity index (χ0) is 14.7. The maximum Gasteiger partial charge on any atom is 0.152 e. The van der Waals surface area contributed by atoms with Crippen molar-refractivity contribution >= 4 is 11.3 Å². The summed E-state index contributed by atoms with van der Waals surface area (Å²) in [6, 6.07) is 2.14. The summed E-state index contributed by atoms with van der Waals surface area (Å²) in [6.45, 7) is 7.64. The van der Waals surface area contributed by atoms with Gasteiger partial charge in [-0.05, 0) is 50.3 Å².